The minimum atomic E-state index is -0.701. The molecule has 0 spiro atoms. The van der Waals surface area contributed by atoms with Crippen LogP contribution in [-0.4, -0.2) is 24.7 Å². The summed E-state index contributed by atoms with van der Waals surface area (Å²) in [5, 5.41) is 0. The van der Waals surface area contributed by atoms with Crippen LogP contribution in [0.25, 0.3) is 0 Å². The lowest BCUT2D eigenvalue weighted by Crippen LogP contribution is -2.21. The molecule has 6 heteroatoms. The van der Waals surface area contributed by atoms with Crippen LogP contribution in [0, 0.1) is 0 Å². The molecule has 0 atom stereocenters. The fraction of sp³-hybridized carbons (Fsp3) is 0.217. The van der Waals surface area contributed by atoms with E-state index in [0.29, 0.717) is 12.1 Å². The van der Waals surface area contributed by atoms with Crippen LogP contribution in [0.15, 0.2) is 65.5 Å². The lowest BCUT2D eigenvalue weighted by molar-refractivity contribution is 0.0518. The molecule has 2 aromatic carbocycles. The number of methoxy groups -OCH3 is 1. The maximum Gasteiger partial charge on any atom is 0.347 e. The van der Waals surface area contributed by atoms with Gasteiger partial charge in [0.1, 0.15) is 12.4 Å². The quantitative estimate of drug-likeness (QED) is 0.590. The molecule has 0 aliphatic heterocycles. The van der Waals surface area contributed by atoms with Gasteiger partial charge in [-0.1, -0.05) is 42.5 Å². The molecule has 0 bridgehead atoms. The van der Waals surface area contributed by atoms with Crippen LogP contribution < -0.4 is 14.9 Å². The Bertz CT molecular complexity index is 1010. The van der Waals surface area contributed by atoms with E-state index in [1.54, 1.807) is 14.0 Å². The molecule has 3 aromatic rings. The van der Waals surface area contributed by atoms with Crippen LogP contribution in [-0.2, 0) is 17.8 Å². The van der Waals surface area contributed by atoms with Crippen molar-refractivity contribution < 1.29 is 19.0 Å². The van der Waals surface area contributed by atoms with Gasteiger partial charge in [0, 0.05) is 18.2 Å². The Kier molecular flexibility index (Phi) is 6.68. The summed E-state index contributed by atoms with van der Waals surface area (Å²) in [5.41, 5.74) is 1.98. The summed E-state index contributed by atoms with van der Waals surface area (Å²) in [5.74, 6) is 0.169. The number of hydrogen-bond acceptors (Lipinski definition) is 5. The van der Waals surface area contributed by atoms with Crippen LogP contribution in [0.2, 0.25) is 0 Å². The van der Waals surface area contributed by atoms with Crippen molar-refractivity contribution in [3.05, 3.63) is 93.3 Å². The van der Waals surface area contributed by atoms with Gasteiger partial charge < -0.3 is 19.2 Å². The molecular weight excluding hydrogens is 370 g/mol. The van der Waals surface area contributed by atoms with Gasteiger partial charge in [0.15, 0.2) is 11.0 Å². The van der Waals surface area contributed by atoms with E-state index in [1.807, 2.05) is 54.6 Å². The van der Waals surface area contributed by atoms with E-state index in [4.69, 9.17) is 14.2 Å². The Labute approximate surface area is 169 Å². The summed E-state index contributed by atoms with van der Waals surface area (Å²) in [7, 11) is 1.61. The molecule has 0 fully saturated rings. The zero-order chi connectivity index (χ0) is 20.6. The number of carbonyl (C=O) groups excluding carboxylic acids is 1. The van der Waals surface area contributed by atoms with Crippen molar-refractivity contribution in [2.24, 2.45) is 0 Å². The molecule has 1 heterocycles. The number of aromatic nitrogens is 1. The van der Waals surface area contributed by atoms with E-state index < -0.39 is 11.4 Å². The monoisotopic (exact) mass is 393 g/mol. The molecule has 0 amide bonds. The first-order valence-corrected chi connectivity index (χ1v) is 9.33. The lowest BCUT2D eigenvalue weighted by atomic mass is 10.1. The summed E-state index contributed by atoms with van der Waals surface area (Å²) in [6.07, 6.45) is 0.476. The van der Waals surface area contributed by atoms with E-state index in [0.717, 1.165) is 16.9 Å². The predicted molar refractivity (Wildman–Crippen MR) is 110 cm³/mol. The van der Waals surface area contributed by atoms with Gasteiger partial charge in [-0.25, -0.2) is 4.79 Å². The average Bonchev–Trinajstić information content (AvgIpc) is 2.73. The first kappa shape index (κ1) is 20.2. The highest BCUT2D eigenvalue weighted by Gasteiger charge is 2.20. The van der Waals surface area contributed by atoms with Crippen LogP contribution in [0.1, 0.15) is 34.1 Å². The molecule has 3 rings (SSSR count). The van der Waals surface area contributed by atoms with Crippen molar-refractivity contribution in [2.75, 3.05) is 13.7 Å². The number of carbonyl (C=O) groups is 1. The molecule has 6 nitrogen and oxygen atoms in total. The molecule has 0 aliphatic rings. The van der Waals surface area contributed by atoms with E-state index in [1.165, 1.54) is 6.07 Å². The van der Waals surface area contributed by atoms with E-state index in [9.17, 15) is 9.59 Å². The van der Waals surface area contributed by atoms with E-state index in [2.05, 4.69) is 4.98 Å². The van der Waals surface area contributed by atoms with Crippen molar-refractivity contribution in [3.63, 3.8) is 0 Å². The molecule has 29 heavy (non-hydrogen) atoms. The summed E-state index contributed by atoms with van der Waals surface area (Å²) >= 11 is 0. The Morgan fingerprint density at radius 3 is 2.38 bits per heavy atom. The van der Waals surface area contributed by atoms with E-state index >= 15 is 0 Å². The fourth-order valence-corrected chi connectivity index (χ4v) is 2.88. The molecular formula is C23H23NO5. The lowest BCUT2D eigenvalue weighted by Gasteiger charge is -2.13. The van der Waals surface area contributed by atoms with Crippen molar-refractivity contribution >= 4 is 5.97 Å². The molecule has 0 aliphatic carbocycles. The Balaban J connectivity index is 1.90. The van der Waals surface area contributed by atoms with E-state index in [-0.39, 0.29) is 24.7 Å². The third-order valence-electron chi connectivity index (χ3n) is 4.31. The van der Waals surface area contributed by atoms with Crippen molar-refractivity contribution in [1.82, 2.24) is 4.98 Å². The number of esters is 1. The summed E-state index contributed by atoms with van der Waals surface area (Å²) < 4.78 is 16.0. The number of aromatic amines is 1. The molecule has 0 radical (unpaired) electrons. The topological polar surface area (TPSA) is 77.6 Å². The van der Waals surface area contributed by atoms with Gasteiger partial charge >= 0.3 is 5.97 Å². The second-order valence-corrected chi connectivity index (χ2v) is 6.38. The predicted octanol–water partition coefficient (Wildman–Crippen LogP) is 3.73. The minimum Gasteiger partial charge on any atom is -0.497 e. The smallest absolute Gasteiger partial charge is 0.347 e. The number of hydrogen-bond donors (Lipinski definition) is 1. The number of rotatable bonds is 8. The van der Waals surface area contributed by atoms with Crippen LogP contribution in [0.4, 0.5) is 0 Å². The Morgan fingerprint density at radius 2 is 1.72 bits per heavy atom. The van der Waals surface area contributed by atoms with Gasteiger partial charge in [0.25, 0.3) is 0 Å². The Hall–Kier alpha value is -3.54. The first-order chi connectivity index (χ1) is 14.1. The maximum absolute atomic E-state index is 12.7. The maximum atomic E-state index is 12.7. The molecule has 0 unspecified atom stereocenters. The molecule has 150 valence electrons. The number of pyridine rings is 1. The molecule has 1 aromatic heterocycles. The minimum absolute atomic E-state index is 0.114. The number of ether oxygens (including phenoxy) is 3. The van der Waals surface area contributed by atoms with Gasteiger partial charge in [-0.15, -0.1) is 0 Å². The van der Waals surface area contributed by atoms with Crippen LogP contribution in [0.3, 0.4) is 0 Å². The van der Waals surface area contributed by atoms with Crippen LogP contribution in [0.5, 0.6) is 11.6 Å². The van der Waals surface area contributed by atoms with Crippen molar-refractivity contribution in [2.45, 2.75) is 20.0 Å². The third-order valence-corrected chi connectivity index (χ3v) is 4.31. The summed E-state index contributed by atoms with van der Waals surface area (Å²) in [6, 6.07) is 18.5. The molecule has 0 saturated carbocycles. The largest absolute Gasteiger partial charge is 0.497 e. The van der Waals surface area contributed by atoms with Gasteiger partial charge in [0.2, 0.25) is 5.88 Å². The standard InChI is InChI=1S/C23H23NO5/c1-3-28-23(26)21-20(25)14-18(13-16-9-11-19(27-2)12-10-16)24-22(21)29-15-17-7-5-4-6-8-17/h4-12,14H,3,13,15H2,1-2H3,(H,24,25). The fourth-order valence-electron chi connectivity index (χ4n) is 2.88. The van der Waals surface area contributed by atoms with Gasteiger partial charge in [-0.2, -0.15) is 0 Å². The summed E-state index contributed by atoms with van der Waals surface area (Å²) in [4.78, 5) is 28.0. The molecule has 1 N–H and O–H groups in total. The second-order valence-electron chi connectivity index (χ2n) is 6.38. The van der Waals surface area contributed by atoms with Crippen LogP contribution >= 0.6 is 0 Å². The number of nitrogens with one attached hydrogen (secondary N) is 1. The van der Waals surface area contributed by atoms with Gasteiger partial charge in [0.05, 0.1) is 13.7 Å². The summed E-state index contributed by atoms with van der Waals surface area (Å²) in [6.45, 7) is 2.08. The van der Waals surface area contributed by atoms with Crippen molar-refractivity contribution in [3.8, 4) is 11.6 Å². The third kappa shape index (κ3) is 5.25. The highest BCUT2D eigenvalue weighted by molar-refractivity contribution is 5.91. The number of H-pyrrole nitrogens is 1. The zero-order valence-corrected chi connectivity index (χ0v) is 16.4. The highest BCUT2D eigenvalue weighted by Crippen LogP contribution is 2.19. The Morgan fingerprint density at radius 1 is 1.00 bits per heavy atom. The van der Waals surface area contributed by atoms with Gasteiger partial charge in [-0.05, 0) is 30.2 Å². The SMILES string of the molecule is CCOC(=O)c1c(OCc2ccccc2)[nH]c(Cc2ccc(OC)cc2)cc1=O. The normalized spacial score (nSPS) is 10.4. The highest BCUT2D eigenvalue weighted by atomic mass is 16.5. The average molecular weight is 393 g/mol. The number of benzene rings is 2. The molecule has 0 saturated heterocycles. The van der Waals surface area contributed by atoms with Gasteiger partial charge in [-0.3, -0.25) is 4.79 Å². The van der Waals surface area contributed by atoms with Crippen molar-refractivity contribution in [1.29, 1.82) is 0 Å². The first-order valence-electron chi connectivity index (χ1n) is 9.33. The second kappa shape index (κ2) is 9.59. The zero-order valence-electron chi connectivity index (χ0n) is 16.4.